The van der Waals surface area contributed by atoms with Gasteiger partial charge in [-0.2, -0.15) is 0 Å². The average molecular weight is 494 g/mol. The second-order valence-electron chi connectivity index (χ2n) is 7.80. The van der Waals surface area contributed by atoms with Crippen LogP contribution in [0.25, 0.3) is 10.9 Å². The number of para-hydroxylation sites is 1. The van der Waals surface area contributed by atoms with Crippen LogP contribution in [0.2, 0.25) is 0 Å². The van der Waals surface area contributed by atoms with Crippen molar-refractivity contribution in [2.75, 3.05) is 0 Å². The first-order chi connectivity index (χ1) is 16.2. The first-order valence-electron chi connectivity index (χ1n) is 10.6. The van der Waals surface area contributed by atoms with E-state index in [0.29, 0.717) is 34.6 Å². The number of benzene rings is 3. The molecule has 3 aromatic carbocycles. The SMILES string of the molecule is CC(Sc1nc2ccccc2c(=O)n1CCc1ccc(S(N)(=O)=O)cc1)C(=O)c1ccccc1. The number of sulfonamides is 1. The lowest BCUT2D eigenvalue weighted by Crippen LogP contribution is -2.26. The number of nitrogens with zero attached hydrogens (tertiary/aromatic N) is 2. The minimum Gasteiger partial charge on any atom is -0.293 e. The zero-order valence-electron chi connectivity index (χ0n) is 18.4. The summed E-state index contributed by atoms with van der Waals surface area (Å²) < 4.78 is 24.6. The summed E-state index contributed by atoms with van der Waals surface area (Å²) in [7, 11) is -3.77. The second-order valence-corrected chi connectivity index (χ2v) is 10.7. The monoisotopic (exact) mass is 493 g/mol. The number of aromatic nitrogens is 2. The van der Waals surface area contributed by atoms with Gasteiger partial charge in [0.25, 0.3) is 5.56 Å². The fraction of sp³-hybridized carbons (Fsp3) is 0.160. The van der Waals surface area contributed by atoms with Crippen molar-refractivity contribution in [3.05, 3.63) is 100 Å². The summed E-state index contributed by atoms with van der Waals surface area (Å²) >= 11 is 1.25. The first kappa shape index (κ1) is 23.9. The molecule has 0 radical (unpaired) electrons. The van der Waals surface area contributed by atoms with Crippen molar-refractivity contribution in [3.8, 4) is 0 Å². The molecule has 7 nitrogen and oxygen atoms in total. The molecule has 0 aliphatic heterocycles. The predicted octanol–water partition coefficient (Wildman–Crippen LogP) is 3.65. The van der Waals surface area contributed by atoms with E-state index < -0.39 is 15.3 Å². The smallest absolute Gasteiger partial charge is 0.262 e. The molecule has 0 spiro atoms. The molecule has 1 aromatic heterocycles. The number of Topliss-reactive ketones (excluding diaryl/α,β-unsaturated/α-hetero) is 1. The van der Waals surface area contributed by atoms with Gasteiger partial charge in [0.1, 0.15) is 0 Å². The summed E-state index contributed by atoms with van der Waals surface area (Å²) in [6.07, 6.45) is 0.472. The summed E-state index contributed by atoms with van der Waals surface area (Å²) in [6.45, 7) is 2.12. The third kappa shape index (κ3) is 5.27. The van der Waals surface area contributed by atoms with Crippen molar-refractivity contribution >= 4 is 38.5 Å². The number of nitrogens with two attached hydrogens (primary N) is 1. The quantitative estimate of drug-likeness (QED) is 0.228. The predicted molar refractivity (Wildman–Crippen MR) is 134 cm³/mol. The standard InChI is InChI=1S/C25H23N3O4S2/c1-17(23(29)19-7-3-2-4-8-19)33-25-27-22-10-6-5-9-21(22)24(30)28(25)16-15-18-11-13-20(14-12-18)34(26,31)32/h2-14,17H,15-16H2,1H3,(H2,26,31,32). The van der Waals surface area contributed by atoms with E-state index in [1.165, 1.54) is 23.9 Å². The Balaban J connectivity index is 1.65. The van der Waals surface area contributed by atoms with E-state index >= 15 is 0 Å². The van der Waals surface area contributed by atoms with Gasteiger partial charge in [0.05, 0.1) is 21.0 Å². The molecule has 174 valence electrons. The third-order valence-electron chi connectivity index (χ3n) is 5.41. The highest BCUT2D eigenvalue weighted by Crippen LogP contribution is 2.25. The minimum atomic E-state index is -3.77. The summed E-state index contributed by atoms with van der Waals surface area (Å²) in [5.41, 5.74) is 1.83. The van der Waals surface area contributed by atoms with Gasteiger partial charge in [-0.05, 0) is 43.2 Å². The van der Waals surface area contributed by atoms with Gasteiger partial charge in [-0.25, -0.2) is 18.5 Å². The maximum Gasteiger partial charge on any atom is 0.262 e. The highest BCUT2D eigenvalue weighted by atomic mass is 32.2. The molecule has 1 heterocycles. The number of carbonyl (C=O) groups is 1. The van der Waals surface area contributed by atoms with Crippen LogP contribution in [0.15, 0.2) is 93.7 Å². The Morgan fingerprint density at radius 3 is 2.32 bits per heavy atom. The normalized spacial score (nSPS) is 12.5. The lowest BCUT2D eigenvalue weighted by Gasteiger charge is -2.16. The summed E-state index contributed by atoms with van der Waals surface area (Å²) in [6, 6.07) is 22.4. The van der Waals surface area contributed by atoms with Crippen LogP contribution in [0.4, 0.5) is 0 Å². The minimum absolute atomic E-state index is 0.0327. The molecule has 0 amide bonds. The Labute approximate surface area is 201 Å². The van der Waals surface area contributed by atoms with Crippen molar-refractivity contribution in [1.82, 2.24) is 9.55 Å². The number of ketones is 1. The van der Waals surface area contributed by atoms with Crippen molar-refractivity contribution in [3.63, 3.8) is 0 Å². The van der Waals surface area contributed by atoms with E-state index in [1.54, 1.807) is 54.0 Å². The maximum atomic E-state index is 13.3. The molecule has 34 heavy (non-hydrogen) atoms. The maximum absolute atomic E-state index is 13.3. The number of aryl methyl sites for hydroxylation is 1. The summed E-state index contributed by atoms with van der Waals surface area (Å²) in [4.78, 5) is 30.9. The van der Waals surface area contributed by atoms with E-state index in [2.05, 4.69) is 4.98 Å². The number of hydrogen-bond acceptors (Lipinski definition) is 6. The van der Waals surface area contributed by atoms with Crippen LogP contribution in [0.5, 0.6) is 0 Å². The first-order valence-corrected chi connectivity index (χ1v) is 13.0. The number of thioether (sulfide) groups is 1. The van der Waals surface area contributed by atoms with Gasteiger partial charge in [-0.15, -0.1) is 0 Å². The van der Waals surface area contributed by atoms with E-state index in [1.807, 2.05) is 24.3 Å². The van der Waals surface area contributed by atoms with Crippen LogP contribution in [-0.2, 0) is 23.0 Å². The van der Waals surface area contributed by atoms with Gasteiger partial charge < -0.3 is 0 Å². The molecule has 0 aliphatic rings. The zero-order valence-corrected chi connectivity index (χ0v) is 20.1. The highest BCUT2D eigenvalue weighted by Gasteiger charge is 2.20. The van der Waals surface area contributed by atoms with Crippen molar-refractivity contribution < 1.29 is 13.2 Å². The number of hydrogen-bond donors (Lipinski definition) is 1. The molecular weight excluding hydrogens is 470 g/mol. The van der Waals surface area contributed by atoms with E-state index in [0.717, 1.165) is 5.56 Å². The topological polar surface area (TPSA) is 112 Å². The Morgan fingerprint density at radius 1 is 1.00 bits per heavy atom. The van der Waals surface area contributed by atoms with Crippen LogP contribution in [0.3, 0.4) is 0 Å². The van der Waals surface area contributed by atoms with Gasteiger partial charge in [0, 0.05) is 12.1 Å². The van der Waals surface area contributed by atoms with Crippen LogP contribution in [-0.4, -0.2) is 29.0 Å². The molecule has 0 aliphatic carbocycles. The van der Waals surface area contributed by atoms with Crippen LogP contribution in [0, 0.1) is 0 Å². The highest BCUT2D eigenvalue weighted by molar-refractivity contribution is 8.00. The molecule has 9 heteroatoms. The molecule has 2 N–H and O–H groups in total. The number of primary sulfonamides is 1. The molecule has 1 unspecified atom stereocenters. The molecule has 1 atom stereocenters. The molecule has 4 aromatic rings. The van der Waals surface area contributed by atoms with E-state index in [-0.39, 0.29) is 16.2 Å². The molecule has 0 bridgehead atoms. The lowest BCUT2D eigenvalue weighted by molar-refractivity contribution is 0.0994. The number of carbonyl (C=O) groups excluding carboxylic acids is 1. The van der Waals surface area contributed by atoms with E-state index in [4.69, 9.17) is 5.14 Å². The van der Waals surface area contributed by atoms with Crippen LogP contribution >= 0.6 is 11.8 Å². The Bertz CT molecular complexity index is 1500. The fourth-order valence-electron chi connectivity index (χ4n) is 3.57. The largest absolute Gasteiger partial charge is 0.293 e. The molecule has 0 saturated heterocycles. The second kappa shape index (κ2) is 9.92. The van der Waals surface area contributed by atoms with Gasteiger partial charge >= 0.3 is 0 Å². The van der Waals surface area contributed by atoms with Crippen molar-refractivity contribution in [2.45, 2.75) is 35.2 Å². The summed E-state index contributed by atoms with van der Waals surface area (Å²) in [5.74, 6) is -0.0434. The Kier molecular flexibility index (Phi) is 6.97. The number of rotatable bonds is 8. The molecule has 4 rings (SSSR count). The zero-order chi connectivity index (χ0) is 24.3. The lowest BCUT2D eigenvalue weighted by atomic mass is 10.1. The van der Waals surface area contributed by atoms with E-state index in [9.17, 15) is 18.0 Å². The molecule has 0 saturated carbocycles. The van der Waals surface area contributed by atoms with Gasteiger partial charge in [-0.3, -0.25) is 14.2 Å². The van der Waals surface area contributed by atoms with Crippen LogP contribution < -0.4 is 10.7 Å². The Morgan fingerprint density at radius 2 is 1.65 bits per heavy atom. The summed E-state index contributed by atoms with van der Waals surface area (Å²) in [5, 5.41) is 5.68. The van der Waals surface area contributed by atoms with Gasteiger partial charge in [-0.1, -0.05) is 66.4 Å². The van der Waals surface area contributed by atoms with Gasteiger partial charge in [0.2, 0.25) is 10.0 Å². The Hall–Kier alpha value is -3.27. The van der Waals surface area contributed by atoms with Crippen molar-refractivity contribution in [1.29, 1.82) is 0 Å². The molecule has 0 fully saturated rings. The average Bonchev–Trinajstić information content (AvgIpc) is 2.83. The van der Waals surface area contributed by atoms with Gasteiger partial charge in [0.15, 0.2) is 10.9 Å². The molecular formula is C25H23N3O4S2. The van der Waals surface area contributed by atoms with Crippen LogP contribution in [0.1, 0.15) is 22.8 Å². The van der Waals surface area contributed by atoms with Crippen molar-refractivity contribution in [2.24, 2.45) is 5.14 Å². The third-order valence-corrected chi connectivity index (χ3v) is 7.43. The number of fused-ring (bicyclic) bond motifs is 1. The fourth-order valence-corrected chi connectivity index (χ4v) is 5.10.